The highest BCUT2D eigenvalue weighted by atomic mass is 16.5. The highest BCUT2D eigenvalue weighted by molar-refractivity contribution is 5.90. The van der Waals surface area contributed by atoms with Crippen LogP contribution in [0.3, 0.4) is 0 Å². The molecule has 0 radical (unpaired) electrons. The molecular formula is C27H32N8O3. The van der Waals surface area contributed by atoms with Crippen LogP contribution in [-0.2, 0) is 11.3 Å². The normalized spacial score (nSPS) is 15.7. The van der Waals surface area contributed by atoms with E-state index in [0.717, 1.165) is 40.9 Å². The number of hydrogen-bond donors (Lipinski definition) is 2. The summed E-state index contributed by atoms with van der Waals surface area (Å²) in [4.78, 5) is 36.2. The molecule has 11 heteroatoms. The van der Waals surface area contributed by atoms with E-state index >= 15 is 0 Å². The number of hydrogen-bond acceptors (Lipinski definition) is 8. The first-order valence-corrected chi connectivity index (χ1v) is 12.7. The van der Waals surface area contributed by atoms with E-state index in [1.807, 2.05) is 56.3 Å². The first-order valence-electron chi connectivity index (χ1n) is 12.7. The lowest BCUT2D eigenvalue weighted by Gasteiger charge is -2.32. The average molecular weight is 517 g/mol. The number of piperidine rings is 1. The minimum Gasteiger partial charge on any atom is -0.453 e. The Balaban J connectivity index is 1.51. The molecule has 3 aromatic heterocycles. The lowest BCUT2D eigenvalue weighted by atomic mass is 9.99. The summed E-state index contributed by atoms with van der Waals surface area (Å²) in [5, 5.41) is 8.19. The molecule has 11 nitrogen and oxygen atoms in total. The highest BCUT2D eigenvalue weighted by Crippen LogP contribution is 2.34. The number of nitrogens with zero attached hydrogens (tertiary/aromatic N) is 6. The van der Waals surface area contributed by atoms with Gasteiger partial charge in [-0.05, 0) is 44.4 Å². The summed E-state index contributed by atoms with van der Waals surface area (Å²) in [5.41, 5.74) is 11.3. The van der Waals surface area contributed by atoms with Gasteiger partial charge in [0.15, 0.2) is 5.65 Å². The number of carbonyl (C=O) groups is 1. The first-order chi connectivity index (χ1) is 18.4. The number of aryl methyl sites for hydroxylation is 2. The Morgan fingerprint density at radius 3 is 2.58 bits per heavy atom. The van der Waals surface area contributed by atoms with E-state index in [1.54, 1.807) is 4.90 Å². The van der Waals surface area contributed by atoms with Crippen LogP contribution in [-0.4, -0.2) is 67.9 Å². The van der Waals surface area contributed by atoms with E-state index in [9.17, 15) is 9.59 Å². The van der Waals surface area contributed by atoms with Crippen molar-refractivity contribution in [2.75, 3.05) is 32.5 Å². The van der Waals surface area contributed by atoms with Crippen molar-refractivity contribution in [3.8, 4) is 22.4 Å². The Morgan fingerprint density at radius 2 is 1.87 bits per heavy atom. The van der Waals surface area contributed by atoms with Crippen LogP contribution >= 0.6 is 0 Å². The van der Waals surface area contributed by atoms with E-state index in [2.05, 4.69) is 15.3 Å². The second-order valence-electron chi connectivity index (χ2n) is 9.57. The fourth-order valence-electron chi connectivity index (χ4n) is 5.11. The minimum absolute atomic E-state index is 0.0790. The summed E-state index contributed by atoms with van der Waals surface area (Å²) in [6.07, 6.45) is 1.51. The lowest BCUT2D eigenvalue weighted by Crippen LogP contribution is -2.48. The number of methoxy groups -OCH3 is 1. The SMILES string of the molecule is COC(=O)N1CCCC(NCCn2nc3c(-c4cc(C)nc(C)c4)c(-c4ccccc4)nc(N)n3c2=O)C1. The smallest absolute Gasteiger partial charge is 0.409 e. The number of aromatic nitrogens is 5. The molecule has 198 valence electrons. The number of benzene rings is 1. The Kier molecular flexibility index (Phi) is 7.10. The number of fused-ring (bicyclic) bond motifs is 1. The van der Waals surface area contributed by atoms with Crippen molar-refractivity contribution in [2.24, 2.45) is 0 Å². The van der Waals surface area contributed by atoms with Crippen LogP contribution < -0.4 is 16.7 Å². The molecule has 5 rings (SSSR count). The van der Waals surface area contributed by atoms with Crippen LogP contribution in [0.1, 0.15) is 24.2 Å². The number of pyridine rings is 1. The van der Waals surface area contributed by atoms with Gasteiger partial charge in [0.2, 0.25) is 5.95 Å². The van der Waals surface area contributed by atoms with Gasteiger partial charge in [-0.2, -0.15) is 0 Å². The number of rotatable bonds is 6. The molecule has 4 aromatic rings. The average Bonchev–Trinajstić information content (AvgIpc) is 3.24. The molecule has 3 N–H and O–H groups in total. The Bertz CT molecular complexity index is 1510. The van der Waals surface area contributed by atoms with Crippen LogP contribution in [0.2, 0.25) is 0 Å². The summed E-state index contributed by atoms with van der Waals surface area (Å²) >= 11 is 0. The molecule has 1 fully saturated rings. The van der Waals surface area contributed by atoms with Crippen LogP contribution in [0.15, 0.2) is 47.3 Å². The molecule has 1 aromatic carbocycles. The van der Waals surface area contributed by atoms with Gasteiger partial charge >= 0.3 is 11.8 Å². The lowest BCUT2D eigenvalue weighted by molar-refractivity contribution is 0.107. The van der Waals surface area contributed by atoms with E-state index in [4.69, 9.17) is 15.6 Å². The van der Waals surface area contributed by atoms with Gasteiger partial charge < -0.3 is 20.7 Å². The predicted molar refractivity (Wildman–Crippen MR) is 145 cm³/mol. The maximum atomic E-state index is 13.4. The van der Waals surface area contributed by atoms with Gasteiger partial charge in [-0.1, -0.05) is 30.3 Å². The maximum absolute atomic E-state index is 13.4. The van der Waals surface area contributed by atoms with Gasteiger partial charge in [-0.25, -0.2) is 23.7 Å². The van der Waals surface area contributed by atoms with Crippen molar-refractivity contribution in [3.05, 3.63) is 64.3 Å². The zero-order chi connectivity index (χ0) is 26.8. The quantitative estimate of drug-likeness (QED) is 0.400. The van der Waals surface area contributed by atoms with Crippen molar-refractivity contribution in [3.63, 3.8) is 0 Å². The number of nitrogen functional groups attached to an aromatic ring is 1. The summed E-state index contributed by atoms with van der Waals surface area (Å²) in [6, 6.07) is 13.8. The molecule has 0 aliphatic carbocycles. The van der Waals surface area contributed by atoms with Crippen molar-refractivity contribution in [1.29, 1.82) is 0 Å². The Hall–Kier alpha value is -4.25. The number of anilines is 1. The molecule has 0 saturated carbocycles. The Morgan fingerprint density at radius 1 is 1.13 bits per heavy atom. The van der Waals surface area contributed by atoms with Crippen LogP contribution in [0.25, 0.3) is 28.0 Å². The monoisotopic (exact) mass is 516 g/mol. The van der Waals surface area contributed by atoms with Crippen LogP contribution in [0.4, 0.5) is 10.7 Å². The second kappa shape index (κ2) is 10.6. The molecule has 1 aliphatic heterocycles. The van der Waals surface area contributed by atoms with Crippen molar-refractivity contribution >= 4 is 17.7 Å². The van der Waals surface area contributed by atoms with Gasteiger partial charge in [0.25, 0.3) is 0 Å². The minimum atomic E-state index is -0.352. The molecule has 1 aliphatic rings. The number of nitrogens with one attached hydrogen (secondary N) is 1. The molecule has 1 amide bonds. The number of likely N-dealkylation sites (tertiary alicyclic amines) is 1. The molecule has 38 heavy (non-hydrogen) atoms. The molecule has 0 bridgehead atoms. The van der Waals surface area contributed by atoms with Gasteiger partial charge in [0.1, 0.15) is 0 Å². The van der Waals surface area contributed by atoms with Gasteiger partial charge in [0.05, 0.1) is 24.9 Å². The van der Waals surface area contributed by atoms with Crippen LogP contribution in [0, 0.1) is 13.8 Å². The summed E-state index contributed by atoms with van der Waals surface area (Å²) in [5.74, 6) is 0.0790. The topological polar surface area (TPSA) is 133 Å². The van der Waals surface area contributed by atoms with E-state index in [0.29, 0.717) is 37.5 Å². The Labute approximate surface area is 220 Å². The van der Waals surface area contributed by atoms with Crippen molar-refractivity contribution in [1.82, 2.24) is 34.4 Å². The molecule has 4 heterocycles. The van der Waals surface area contributed by atoms with Gasteiger partial charge in [0, 0.05) is 42.6 Å². The van der Waals surface area contributed by atoms with Crippen molar-refractivity contribution in [2.45, 2.75) is 39.3 Å². The molecule has 1 saturated heterocycles. The summed E-state index contributed by atoms with van der Waals surface area (Å²) < 4.78 is 7.64. The van der Waals surface area contributed by atoms with Gasteiger partial charge in [-0.15, -0.1) is 5.10 Å². The van der Waals surface area contributed by atoms with E-state index in [-0.39, 0.29) is 23.8 Å². The second-order valence-corrected chi connectivity index (χ2v) is 9.57. The first kappa shape index (κ1) is 25.4. The molecule has 0 spiro atoms. The van der Waals surface area contributed by atoms with Crippen molar-refractivity contribution < 1.29 is 9.53 Å². The number of nitrogens with two attached hydrogens (primary N) is 1. The zero-order valence-electron chi connectivity index (χ0n) is 21.8. The van der Waals surface area contributed by atoms with E-state index in [1.165, 1.54) is 16.2 Å². The number of ether oxygens (including phenoxy) is 1. The summed E-state index contributed by atoms with van der Waals surface area (Å²) in [6.45, 7) is 5.96. The summed E-state index contributed by atoms with van der Waals surface area (Å²) in [7, 11) is 1.39. The third kappa shape index (κ3) is 4.97. The maximum Gasteiger partial charge on any atom is 0.409 e. The third-order valence-electron chi connectivity index (χ3n) is 6.78. The number of amides is 1. The zero-order valence-corrected chi connectivity index (χ0v) is 21.8. The highest BCUT2D eigenvalue weighted by Gasteiger charge is 2.25. The largest absolute Gasteiger partial charge is 0.453 e. The standard InChI is InChI=1S/C27H32N8O3/c1-17-14-20(15-18(2)30-17)22-23(19-8-5-4-6-9-19)31-25(28)35-24(22)32-34(26(35)36)13-11-29-21-10-7-12-33(16-21)27(37)38-3/h4-6,8-9,14-15,21,29H,7,10-13,16H2,1-3H3,(H2,28,31). The van der Waals surface area contributed by atoms with E-state index < -0.39 is 0 Å². The van der Waals surface area contributed by atoms with Crippen LogP contribution in [0.5, 0.6) is 0 Å². The fourth-order valence-corrected chi connectivity index (χ4v) is 5.11. The number of carbonyl (C=O) groups excluding carboxylic acids is 1. The fraction of sp³-hybridized carbons (Fsp3) is 0.370. The molecule has 1 atom stereocenters. The molecule has 1 unspecified atom stereocenters. The third-order valence-corrected chi connectivity index (χ3v) is 6.78. The molecular weight excluding hydrogens is 484 g/mol. The van der Waals surface area contributed by atoms with Gasteiger partial charge in [-0.3, -0.25) is 4.98 Å². The predicted octanol–water partition coefficient (Wildman–Crippen LogP) is 2.64.